The van der Waals surface area contributed by atoms with Crippen molar-refractivity contribution in [1.29, 1.82) is 0 Å². The van der Waals surface area contributed by atoms with Gasteiger partial charge < -0.3 is 5.32 Å². The van der Waals surface area contributed by atoms with E-state index in [1.165, 1.54) is 0 Å². The molecule has 0 aliphatic rings. The van der Waals surface area contributed by atoms with Crippen molar-refractivity contribution in [3.05, 3.63) is 28.0 Å². The third-order valence-corrected chi connectivity index (χ3v) is 4.30. The van der Waals surface area contributed by atoms with Crippen LogP contribution in [0.1, 0.15) is 31.1 Å². The Morgan fingerprint density at radius 1 is 1.37 bits per heavy atom. The molecule has 0 unspecified atom stereocenters. The van der Waals surface area contributed by atoms with Crippen molar-refractivity contribution in [2.45, 2.75) is 31.2 Å². The molecule has 0 aromatic heterocycles. The second-order valence-electron chi connectivity index (χ2n) is 4.90. The van der Waals surface area contributed by atoms with Crippen LogP contribution in [-0.4, -0.2) is 19.9 Å². The SMILES string of the molecule is CC(C)(C)NC(=O)c1cc(S(=O)(=O)Cl)c(Br)cc1F. The van der Waals surface area contributed by atoms with Crippen LogP contribution in [0.5, 0.6) is 0 Å². The highest BCUT2D eigenvalue weighted by atomic mass is 79.9. The summed E-state index contributed by atoms with van der Waals surface area (Å²) in [5.41, 5.74) is -0.950. The highest BCUT2D eigenvalue weighted by molar-refractivity contribution is 9.10. The molecule has 0 radical (unpaired) electrons. The number of hydrogen-bond acceptors (Lipinski definition) is 3. The Bertz CT molecular complexity index is 626. The van der Waals surface area contributed by atoms with E-state index in [1.807, 2.05) is 0 Å². The van der Waals surface area contributed by atoms with Crippen molar-refractivity contribution in [1.82, 2.24) is 5.32 Å². The molecule has 1 amide bonds. The molecule has 0 aliphatic carbocycles. The molecule has 0 heterocycles. The fourth-order valence-corrected chi connectivity index (χ4v) is 3.47. The number of nitrogens with one attached hydrogen (secondary N) is 1. The van der Waals surface area contributed by atoms with E-state index in [-0.39, 0.29) is 14.9 Å². The van der Waals surface area contributed by atoms with Gasteiger partial charge >= 0.3 is 0 Å². The van der Waals surface area contributed by atoms with Gasteiger partial charge in [-0.3, -0.25) is 4.79 Å². The number of hydrogen-bond donors (Lipinski definition) is 1. The molecule has 8 heteroatoms. The second kappa shape index (κ2) is 5.38. The number of carbonyl (C=O) groups is 1. The van der Waals surface area contributed by atoms with Crippen molar-refractivity contribution in [3.8, 4) is 0 Å². The van der Waals surface area contributed by atoms with Crippen LogP contribution in [0.4, 0.5) is 4.39 Å². The molecule has 4 nitrogen and oxygen atoms in total. The van der Waals surface area contributed by atoms with Gasteiger partial charge in [-0.1, -0.05) is 0 Å². The largest absolute Gasteiger partial charge is 0.347 e. The van der Waals surface area contributed by atoms with Crippen LogP contribution in [0, 0.1) is 5.82 Å². The Balaban J connectivity index is 3.34. The topological polar surface area (TPSA) is 63.2 Å². The van der Waals surface area contributed by atoms with E-state index in [1.54, 1.807) is 20.8 Å². The average molecular weight is 373 g/mol. The fraction of sp³-hybridized carbons (Fsp3) is 0.364. The van der Waals surface area contributed by atoms with Gasteiger partial charge in [0.1, 0.15) is 5.82 Å². The number of benzene rings is 1. The van der Waals surface area contributed by atoms with E-state index < -0.39 is 26.3 Å². The summed E-state index contributed by atoms with van der Waals surface area (Å²) in [6.07, 6.45) is 0. The van der Waals surface area contributed by atoms with Crippen molar-refractivity contribution < 1.29 is 17.6 Å². The molecule has 0 saturated heterocycles. The lowest BCUT2D eigenvalue weighted by Crippen LogP contribution is -2.41. The van der Waals surface area contributed by atoms with Gasteiger partial charge in [-0.25, -0.2) is 12.8 Å². The van der Waals surface area contributed by atoms with E-state index in [2.05, 4.69) is 21.2 Å². The smallest absolute Gasteiger partial charge is 0.262 e. The van der Waals surface area contributed by atoms with Crippen LogP contribution >= 0.6 is 26.6 Å². The number of rotatable bonds is 2. The summed E-state index contributed by atoms with van der Waals surface area (Å²) >= 11 is 2.89. The summed E-state index contributed by atoms with van der Waals surface area (Å²) in [6.45, 7) is 5.17. The monoisotopic (exact) mass is 371 g/mol. The highest BCUT2D eigenvalue weighted by Crippen LogP contribution is 2.28. The van der Waals surface area contributed by atoms with Crippen LogP contribution in [0.15, 0.2) is 21.5 Å². The molecule has 0 spiro atoms. The van der Waals surface area contributed by atoms with Crippen LogP contribution in [0.3, 0.4) is 0 Å². The molecule has 0 aliphatic heterocycles. The van der Waals surface area contributed by atoms with Crippen LogP contribution in [0.2, 0.25) is 0 Å². The van der Waals surface area contributed by atoms with Crippen LogP contribution in [0.25, 0.3) is 0 Å². The molecular weight excluding hydrogens is 361 g/mol. The maximum Gasteiger partial charge on any atom is 0.262 e. The van der Waals surface area contributed by atoms with Crippen molar-refractivity contribution in [2.75, 3.05) is 0 Å². The molecule has 0 atom stereocenters. The lowest BCUT2D eigenvalue weighted by molar-refractivity contribution is 0.0915. The lowest BCUT2D eigenvalue weighted by Gasteiger charge is -2.20. The molecule has 1 aromatic rings. The first-order valence-electron chi connectivity index (χ1n) is 5.18. The first-order valence-corrected chi connectivity index (χ1v) is 8.28. The number of halogens is 3. The van der Waals surface area contributed by atoms with Crippen molar-refractivity contribution in [2.24, 2.45) is 0 Å². The van der Waals surface area contributed by atoms with E-state index in [0.717, 1.165) is 12.1 Å². The van der Waals surface area contributed by atoms with Gasteiger partial charge in [0.2, 0.25) is 0 Å². The van der Waals surface area contributed by atoms with Gasteiger partial charge in [-0.2, -0.15) is 0 Å². The second-order valence-corrected chi connectivity index (χ2v) is 8.29. The zero-order valence-electron chi connectivity index (χ0n) is 10.4. The minimum Gasteiger partial charge on any atom is -0.347 e. The number of carbonyl (C=O) groups excluding carboxylic acids is 1. The summed E-state index contributed by atoms with van der Waals surface area (Å²) in [6, 6.07) is 1.80. The molecule has 106 valence electrons. The highest BCUT2D eigenvalue weighted by Gasteiger charge is 2.23. The summed E-state index contributed by atoms with van der Waals surface area (Å²) in [5, 5.41) is 2.54. The quantitative estimate of drug-likeness (QED) is 0.812. The Morgan fingerprint density at radius 2 is 1.89 bits per heavy atom. The molecular formula is C11H12BrClFNO3S. The molecule has 0 bridgehead atoms. The maximum absolute atomic E-state index is 13.7. The standard InChI is InChI=1S/C11H12BrClFNO3S/c1-11(2,3)15-10(16)6-4-9(19(13,17)18)7(12)5-8(6)14/h4-5H,1-3H3,(H,15,16). The maximum atomic E-state index is 13.7. The minimum absolute atomic E-state index is 0.0349. The van der Waals surface area contributed by atoms with Gasteiger partial charge in [-0.15, -0.1) is 0 Å². The number of amides is 1. The first-order chi connectivity index (χ1) is 8.42. The third-order valence-electron chi connectivity index (χ3n) is 2.02. The summed E-state index contributed by atoms with van der Waals surface area (Å²) < 4.78 is 36.3. The minimum atomic E-state index is -4.07. The van der Waals surface area contributed by atoms with Gasteiger partial charge in [0, 0.05) is 20.7 Å². The van der Waals surface area contributed by atoms with Gasteiger partial charge in [0.05, 0.1) is 10.5 Å². The fourth-order valence-electron chi connectivity index (χ4n) is 1.30. The van der Waals surface area contributed by atoms with Crippen LogP contribution < -0.4 is 5.32 Å². The summed E-state index contributed by atoms with van der Waals surface area (Å²) in [4.78, 5) is 11.5. The van der Waals surface area contributed by atoms with E-state index in [0.29, 0.717) is 0 Å². The molecule has 1 aromatic carbocycles. The molecule has 1 rings (SSSR count). The Labute approximate surface area is 123 Å². The molecule has 19 heavy (non-hydrogen) atoms. The predicted molar refractivity (Wildman–Crippen MR) is 74.4 cm³/mol. The normalized spacial score (nSPS) is 12.3. The Kier molecular flexibility index (Phi) is 4.64. The Hall–Kier alpha value is -0.660. The zero-order valence-corrected chi connectivity index (χ0v) is 13.6. The van der Waals surface area contributed by atoms with Gasteiger partial charge in [-0.05, 0) is 48.8 Å². The van der Waals surface area contributed by atoms with Gasteiger partial charge in [0.25, 0.3) is 15.0 Å². The third kappa shape index (κ3) is 4.43. The van der Waals surface area contributed by atoms with Crippen LogP contribution in [-0.2, 0) is 9.05 Å². The average Bonchev–Trinajstić information content (AvgIpc) is 2.11. The lowest BCUT2D eigenvalue weighted by atomic mass is 10.1. The van der Waals surface area contributed by atoms with Gasteiger partial charge in [0.15, 0.2) is 0 Å². The first kappa shape index (κ1) is 16.4. The molecule has 0 saturated carbocycles. The van der Waals surface area contributed by atoms with E-state index >= 15 is 0 Å². The Morgan fingerprint density at radius 3 is 2.32 bits per heavy atom. The summed E-state index contributed by atoms with van der Waals surface area (Å²) in [5.74, 6) is -1.54. The van der Waals surface area contributed by atoms with Crippen molar-refractivity contribution in [3.63, 3.8) is 0 Å². The molecule has 0 fully saturated rings. The summed E-state index contributed by atoms with van der Waals surface area (Å²) in [7, 11) is 1.14. The van der Waals surface area contributed by atoms with Crippen molar-refractivity contribution >= 4 is 41.6 Å². The predicted octanol–water partition coefficient (Wildman–Crippen LogP) is 3.04. The van der Waals surface area contributed by atoms with E-state index in [9.17, 15) is 17.6 Å². The van der Waals surface area contributed by atoms with E-state index in [4.69, 9.17) is 10.7 Å². The zero-order chi connectivity index (χ0) is 15.0. The molecule has 1 N–H and O–H groups in total.